The van der Waals surface area contributed by atoms with Crippen LogP contribution in [-0.4, -0.2) is 18.4 Å². The molecule has 1 aromatic heterocycles. The zero-order chi connectivity index (χ0) is 17.9. The average Bonchev–Trinajstić information content (AvgIpc) is 3.27. The molecule has 0 aliphatic heterocycles. The number of hydrogen-bond donors (Lipinski definition) is 2. The molecule has 1 heterocycles. The second-order valence-electron chi connectivity index (χ2n) is 6.95. The Bertz CT molecular complexity index is 762. The van der Waals surface area contributed by atoms with Crippen LogP contribution in [0.1, 0.15) is 42.4 Å². The molecular formula is C20H24N2O2S. The molecule has 2 aromatic rings. The molecule has 132 valence electrons. The van der Waals surface area contributed by atoms with Crippen molar-refractivity contribution in [2.75, 3.05) is 11.9 Å². The SMILES string of the molecule is Cc1ccc(C)c(NC(=O)C(=O)NCC2(c3ccsc3)CCCC2)c1. The Morgan fingerprint density at radius 2 is 1.88 bits per heavy atom. The highest BCUT2D eigenvalue weighted by Crippen LogP contribution is 2.41. The minimum absolute atomic E-state index is 0.0187. The van der Waals surface area contributed by atoms with E-state index in [-0.39, 0.29) is 5.41 Å². The van der Waals surface area contributed by atoms with Crippen LogP contribution in [0.3, 0.4) is 0 Å². The Labute approximate surface area is 152 Å². The van der Waals surface area contributed by atoms with E-state index in [1.54, 1.807) is 11.3 Å². The Balaban J connectivity index is 1.63. The number of nitrogens with one attached hydrogen (secondary N) is 2. The molecule has 25 heavy (non-hydrogen) atoms. The molecule has 1 aliphatic carbocycles. The van der Waals surface area contributed by atoms with Gasteiger partial charge in [-0.3, -0.25) is 9.59 Å². The highest BCUT2D eigenvalue weighted by molar-refractivity contribution is 7.08. The van der Waals surface area contributed by atoms with Crippen LogP contribution in [0.25, 0.3) is 0 Å². The molecule has 0 spiro atoms. The fourth-order valence-electron chi connectivity index (χ4n) is 3.56. The standard InChI is InChI=1S/C20H24N2O2S/c1-14-5-6-15(2)17(11-14)22-19(24)18(23)21-13-20(8-3-4-9-20)16-7-10-25-12-16/h5-7,10-12H,3-4,8-9,13H2,1-2H3,(H,21,23)(H,22,24). The summed E-state index contributed by atoms with van der Waals surface area (Å²) in [5.74, 6) is -1.17. The number of anilines is 1. The van der Waals surface area contributed by atoms with Crippen LogP contribution < -0.4 is 10.6 Å². The molecule has 0 saturated heterocycles. The predicted octanol–water partition coefficient (Wildman–Crippen LogP) is 3.93. The number of rotatable bonds is 4. The van der Waals surface area contributed by atoms with E-state index in [1.165, 1.54) is 18.4 Å². The van der Waals surface area contributed by atoms with Gasteiger partial charge >= 0.3 is 11.8 Å². The van der Waals surface area contributed by atoms with Gasteiger partial charge in [-0.1, -0.05) is 25.0 Å². The van der Waals surface area contributed by atoms with Crippen molar-refractivity contribution in [1.82, 2.24) is 5.32 Å². The Morgan fingerprint density at radius 1 is 1.12 bits per heavy atom. The van der Waals surface area contributed by atoms with Crippen molar-refractivity contribution in [3.05, 3.63) is 51.7 Å². The van der Waals surface area contributed by atoms with Crippen molar-refractivity contribution in [2.24, 2.45) is 0 Å². The monoisotopic (exact) mass is 356 g/mol. The quantitative estimate of drug-likeness (QED) is 0.816. The van der Waals surface area contributed by atoms with Gasteiger partial charge in [0.2, 0.25) is 0 Å². The normalized spacial score (nSPS) is 15.8. The first-order chi connectivity index (χ1) is 12.0. The maximum atomic E-state index is 12.3. The summed E-state index contributed by atoms with van der Waals surface area (Å²) in [6.45, 7) is 4.39. The molecule has 2 N–H and O–H groups in total. The molecule has 0 radical (unpaired) electrons. The molecule has 0 bridgehead atoms. The summed E-state index contributed by atoms with van der Waals surface area (Å²) < 4.78 is 0. The van der Waals surface area contributed by atoms with Crippen LogP contribution in [0.4, 0.5) is 5.69 Å². The lowest BCUT2D eigenvalue weighted by Gasteiger charge is -2.28. The lowest BCUT2D eigenvalue weighted by Crippen LogP contribution is -2.43. The fraction of sp³-hybridized carbons (Fsp3) is 0.400. The van der Waals surface area contributed by atoms with E-state index in [1.807, 2.05) is 32.0 Å². The second kappa shape index (κ2) is 7.40. The fourth-order valence-corrected chi connectivity index (χ4v) is 4.34. The van der Waals surface area contributed by atoms with E-state index in [9.17, 15) is 9.59 Å². The maximum Gasteiger partial charge on any atom is 0.313 e. The number of hydrogen-bond acceptors (Lipinski definition) is 3. The number of carbonyl (C=O) groups is 2. The van der Waals surface area contributed by atoms with E-state index in [4.69, 9.17) is 0 Å². The van der Waals surface area contributed by atoms with Crippen molar-refractivity contribution in [3.8, 4) is 0 Å². The first kappa shape index (κ1) is 17.7. The largest absolute Gasteiger partial charge is 0.347 e. The number of carbonyl (C=O) groups excluding carboxylic acids is 2. The van der Waals surface area contributed by atoms with Crippen molar-refractivity contribution in [1.29, 1.82) is 0 Å². The van der Waals surface area contributed by atoms with E-state index in [0.29, 0.717) is 12.2 Å². The zero-order valence-corrected chi connectivity index (χ0v) is 15.5. The molecule has 4 nitrogen and oxygen atoms in total. The molecule has 2 amide bonds. The lowest BCUT2D eigenvalue weighted by atomic mass is 9.80. The number of aryl methyl sites for hydroxylation is 2. The summed E-state index contributed by atoms with van der Waals surface area (Å²) in [6.07, 6.45) is 4.45. The van der Waals surface area contributed by atoms with Gasteiger partial charge in [0.25, 0.3) is 0 Å². The molecule has 5 heteroatoms. The van der Waals surface area contributed by atoms with Crippen LogP contribution in [0, 0.1) is 13.8 Å². The smallest absolute Gasteiger partial charge is 0.313 e. The van der Waals surface area contributed by atoms with E-state index < -0.39 is 11.8 Å². The summed E-state index contributed by atoms with van der Waals surface area (Å²) in [5.41, 5.74) is 3.94. The van der Waals surface area contributed by atoms with Gasteiger partial charge in [-0.15, -0.1) is 0 Å². The average molecular weight is 356 g/mol. The van der Waals surface area contributed by atoms with Crippen LogP contribution in [0.5, 0.6) is 0 Å². The van der Waals surface area contributed by atoms with E-state index in [0.717, 1.165) is 24.0 Å². The molecule has 0 atom stereocenters. The maximum absolute atomic E-state index is 12.3. The topological polar surface area (TPSA) is 58.2 Å². The first-order valence-corrected chi connectivity index (χ1v) is 9.64. The summed E-state index contributed by atoms with van der Waals surface area (Å²) in [6, 6.07) is 7.94. The first-order valence-electron chi connectivity index (χ1n) is 8.69. The Kier molecular flexibility index (Phi) is 5.23. The molecule has 0 unspecified atom stereocenters. The Hall–Kier alpha value is -2.14. The van der Waals surface area contributed by atoms with Gasteiger partial charge in [-0.2, -0.15) is 11.3 Å². The van der Waals surface area contributed by atoms with Gasteiger partial charge in [-0.05, 0) is 66.3 Å². The van der Waals surface area contributed by atoms with Gasteiger partial charge in [0, 0.05) is 17.6 Å². The molecular weight excluding hydrogens is 332 g/mol. The third kappa shape index (κ3) is 3.93. The minimum atomic E-state index is -0.604. The third-order valence-corrected chi connectivity index (χ3v) is 5.81. The van der Waals surface area contributed by atoms with Crippen LogP contribution >= 0.6 is 11.3 Å². The lowest BCUT2D eigenvalue weighted by molar-refractivity contribution is -0.136. The van der Waals surface area contributed by atoms with Crippen molar-refractivity contribution in [3.63, 3.8) is 0 Å². The van der Waals surface area contributed by atoms with Gasteiger partial charge in [0.1, 0.15) is 0 Å². The van der Waals surface area contributed by atoms with E-state index in [2.05, 4.69) is 27.5 Å². The third-order valence-electron chi connectivity index (χ3n) is 5.13. The molecule has 1 aromatic carbocycles. The second-order valence-corrected chi connectivity index (χ2v) is 7.73. The minimum Gasteiger partial charge on any atom is -0.347 e. The molecule has 3 rings (SSSR count). The van der Waals surface area contributed by atoms with Gasteiger partial charge in [-0.25, -0.2) is 0 Å². The number of amides is 2. The zero-order valence-electron chi connectivity index (χ0n) is 14.7. The van der Waals surface area contributed by atoms with Crippen LogP contribution in [0.15, 0.2) is 35.0 Å². The predicted molar refractivity (Wildman–Crippen MR) is 102 cm³/mol. The summed E-state index contributed by atoms with van der Waals surface area (Å²) >= 11 is 1.68. The molecule has 1 fully saturated rings. The van der Waals surface area contributed by atoms with Gasteiger partial charge in [0.15, 0.2) is 0 Å². The molecule has 1 saturated carbocycles. The highest BCUT2D eigenvalue weighted by Gasteiger charge is 2.36. The number of thiophene rings is 1. The van der Waals surface area contributed by atoms with Crippen LogP contribution in [-0.2, 0) is 15.0 Å². The highest BCUT2D eigenvalue weighted by atomic mass is 32.1. The summed E-state index contributed by atoms with van der Waals surface area (Å²) in [4.78, 5) is 24.5. The van der Waals surface area contributed by atoms with E-state index >= 15 is 0 Å². The van der Waals surface area contributed by atoms with Crippen molar-refractivity contribution in [2.45, 2.75) is 44.9 Å². The van der Waals surface area contributed by atoms with Gasteiger partial charge in [0.05, 0.1) is 0 Å². The van der Waals surface area contributed by atoms with Crippen molar-refractivity contribution >= 4 is 28.8 Å². The molecule has 1 aliphatic rings. The summed E-state index contributed by atoms with van der Waals surface area (Å²) in [5, 5.41) is 9.82. The number of benzene rings is 1. The van der Waals surface area contributed by atoms with Gasteiger partial charge < -0.3 is 10.6 Å². The van der Waals surface area contributed by atoms with Crippen molar-refractivity contribution < 1.29 is 9.59 Å². The Morgan fingerprint density at radius 3 is 2.56 bits per heavy atom. The summed E-state index contributed by atoms with van der Waals surface area (Å²) in [7, 11) is 0. The van der Waals surface area contributed by atoms with Crippen LogP contribution in [0.2, 0.25) is 0 Å².